The first-order chi connectivity index (χ1) is 9.34. The molecule has 0 radical (unpaired) electrons. The molecule has 0 aliphatic rings. The molecule has 0 unspecified atom stereocenters. The highest BCUT2D eigenvalue weighted by atomic mass is 35.5. The molecule has 20 heavy (non-hydrogen) atoms. The lowest BCUT2D eigenvalue weighted by Crippen LogP contribution is -2.37. The van der Waals surface area contributed by atoms with Crippen LogP contribution in [-0.4, -0.2) is 27.4 Å². The number of benzene rings is 1. The van der Waals surface area contributed by atoms with Crippen LogP contribution in [0, 0.1) is 0 Å². The Morgan fingerprint density at radius 2 is 2.05 bits per heavy atom. The Bertz CT molecular complexity index is 603. The molecule has 0 heterocycles. The van der Waals surface area contributed by atoms with E-state index in [9.17, 15) is 13.2 Å². The van der Waals surface area contributed by atoms with Gasteiger partial charge < -0.3 is 5.32 Å². The van der Waals surface area contributed by atoms with Gasteiger partial charge in [0.05, 0.1) is 12.3 Å². The van der Waals surface area contributed by atoms with Gasteiger partial charge in [-0.05, 0) is 17.7 Å². The second-order valence-corrected chi connectivity index (χ2v) is 6.56. The lowest BCUT2D eigenvalue weighted by molar-refractivity contribution is -0.119. The molecular weight excluding hydrogens is 323 g/mol. The van der Waals surface area contributed by atoms with E-state index in [4.69, 9.17) is 23.2 Å². The Kier molecular flexibility index (Phi) is 6.48. The van der Waals surface area contributed by atoms with Gasteiger partial charge in [-0.1, -0.05) is 35.3 Å². The molecule has 110 valence electrons. The molecule has 0 bridgehead atoms. The van der Waals surface area contributed by atoms with Crippen LogP contribution in [0.3, 0.4) is 0 Å². The van der Waals surface area contributed by atoms with Crippen LogP contribution in [0.25, 0.3) is 0 Å². The third-order valence-electron chi connectivity index (χ3n) is 2.26. The van der Waals surface area contributed by atoms with Crippen molar-refractivity contribution in [2.75, 3.05) is 13.1 Å². The fourth-order valence-corrected chi connectivity index (χ4v) is 2.99. The van der Waals surface area contributed by atoms with Gasteiger partial charge in [0.1, 0.15) is 0 Å². The second-order valence-electron chi connectivity index (χ2n) is 3.91. The summed E-state index contributed by atoms with van der Waals surface area (Å²) in [6.45, 7) is 3.38. The molecule has 2 N–H and O–H groups in total. The maximum Gasteiger partial charge on any atom is 0.235 e. The first-order valence-electron chi connectivity index (χ1n) is 5.63. The minimum atomic E-state index is -3.65. The molecule has 1 aromatic carbocycles. The minimum Gasteiger partial charge on any atom is -0.352 e. The SMILES string of the molecule is C=CCNC(=O)CNS(=O)(=O)Cc1ccc(Cl)cc1Cl. The van der Waals surface area contributed by atoms with Crippen LogP contribution in [0.1, 0.15) is 5.56 Å². The van der Waals surface area contributed by atoms with E-state index in [1.807, 2.05) is 0 Å². The summed E-state index contributed by atoms with van der Waals surface area (Å²) in [4.78, 5) is 11.3. The highest BCUT2D eigenvalue weighted by Gasteiger charge is 2.15. The normalized spacial score (nSPS) is 11.1. The van der Waals surface area contributed by atoms with Crippen LogP contribution in [-0.2, 0) is 20.6 Å². The van der Waals surface area contributed by atoms with Crippen molar-refractivity contribution in [2.45, 2.75) is 5.75 Å². The molecule has 8 heteroatoms. The summed E-state index contributed by atoms with van der Waals surface area (Å²) in [5, 5.41) is 3.15. The first-order valence-corrected chi connectivity index (χ1v) is 8.04. The van der Waals surface area contributed by atoms with E-state index in [0.717, 1.165) is 0 Å². The summed E-state index contributed by atoms with van der Waals surface area (Å²) in [5.74, 6) is -0.756. The van der Waals surface area contributed by atoms with Crippen molar-refractivity contribution in [1.82, 2.24) is 10.0 Å². The number of hydrogen-bond acceptors (Lipinski definition) is 3. The monoisotopic (exact) mass is 336 g/mol. The van der Waals surface area contributed by atoms with Crippen molar-refractivity contribution in [3.05, 3.63) is 46.5 Å². The van der Waals surface area contributed by atoms with Gasteiger partial charge in [0.15, 0.2) is 0 Å². The van der Waals surface area contributed by atoms with Gasteiger partial charge in [0.25, 0.3) is 0 Å². The van der Waals surface area contributed by atoms with Gasteiger partial charge in [0.2, 0.25) is 15.9 Å². The summed E-state index contributed by atoms with van der Waals surface area (Å²) in [7, 11) is -3.65. The molecule has 1 aromatic rings. The average Bonchev–Trinajstić information content (AvgIpc) is 2.37. The molecule has 0 spiro atoms. The molecule has 0 aromatic heterocycles. The summed E-state index contributed by atoms with van der Waals surface area (Å²) in [5.41, 5.74) is 0.412. The smallest absolute Gasteiger partial charge is 0.235 e. The molecule has 5 nitrogen and oxygen atoms in total. The molecule has 1 rings (SSSR count). The zero-order valence-electron chi connectivity index (χ0n) is 10.5. The molecule has 0 saturated heterocycles. The van der Waals surface area contributed by atoms with Crippen LogP contribution in [0.5, 0.6) is 0 Å². The number of hydrogen-bond donors (Lipinski definition) is 2. The number of rotatable bonds is 7. The molecule has 0 fully saturated rings. The van der Waals surface area contributed by atoms with Crippen LogP contribution in [0.15, 0.2) is 30.9 Å². The summed E-state index contributed by atoms with van der Waals surface area (Å²) in [6, 6.07) is 4.54. The minimum absolute atomic E-state index is 0.263. The van der Waals surface area contributed by atoms with Gasteiger partial charge in [0, 0.05) is 16.6 Å². The van der Waals surface area contributed by atoms with Crippen LogP contribution < -0.4 is 10.0 Å². The topological polar surface area (TPSA) is 75.3 Å². The zero-order chi connectivity index (χ0) is 15.2. The van der Waals surface area contributed by atoms with E-state index in [1.54, 1.807) is 6.07 Å². The van der Waals surface area contributed by atoms with Crippen molar-refractivity contribution in [1.29, 1.82) is 0 Å². The van der Waals surface area contributed by atoms with E-state index >= 15 is 0 Å². The number of nitrogens with one attached hydrogen (secondary N) is 2. The molecule has 0 aliphatic carbocycles. The third-order valence-corrected chi connectivity index (χ3v) is 4.12. The summed E-state index contributed by atoms with van der Waals surface area (Å²) >= 11 is 11.6. The lowest BCUT2D eigenvalue weighted by Gasteiger charge is -2.08. The molecule has 0 aliphatic heterocycles. The van der Waals surface area contributed by atoms with Gasteiger partial charge >= 0.3 is 0 Å². The Hall–Kier alpha value is -1.08. The van der Waals surface area contributed by atoms with Crippen molar-refractivity contribution in [3.63, 3.8) is 0 Å². The van der Waals surface area contributed by atoms with E-state index in [1.165, 1.54) is 18.2 Å². The van der Waals surface area contributed by atoms with Crippen molar-refractivity contribution >= 4 is 39.1 Å². The van der Waals surface area contributed by atoms with Crippen LogP contribution >= 0.6 is 23.2 Å². The predicted molar refractivity (Wildman–Crippen MR) is 80.3 cm³/mol. The largest absolute Gasteiger partial charge is 0.352 e. The highest BCUT2D eigenvalue weighted by Crippen LogP contribution is 2.22. The highest BCUT2D eigenvalue weighted by molar-refractivity contribution is 7.88. The lowest BCUT2D eigenvalue weighted by atomic mass is 10.2. The van der Waals surface area contributed by atoms with E-state index in [0.29, 0.717) is 10.6 Å². The Balaban J connectivity index is 2.61. The Morgan fingerprint density at radius 1 is 1.35 bits per heavy atom. The van der Waals surface area contributed by atoms with Crippen LogP contribution in [0.4, 0.5) is 0 Å². The van der Waals surface area contributed by atoms with Crippen LogP contribution in [0.2, 0.25) is 10.0 Å². The number of carbonyl (C=O) groups excluding carboxylic acids is 1. The van der Waals surface area contributed by atoms with E-state index in [-0.39, 0.29) is 23.9 Å². The number of halogens is 2. The van der Waals surface area contributed by atoms with Crippen molar-refractivity contribution < 1.29 is 13.2 Å². The Morgan fingerprint density at radius 3 is 2.65 bits per heavy atom. The summed E-state index contributed by atoms with van der Waals surface area (Å²) < 4.78 is 25.8. The Labute approximate surface area is 128 Å². The molecular formula is C12H14Cl2N2O3S. The fourth-order valence-electron chi connectivity index (χ4n) is 1.32. The van der Waals surface area contributed by atoms with Gasteiger partial charge in [-0.2, -0.15) is 0 Å². The maximum absolute atomic E-state index is 11.8. The first kappa shape index (κ1) is 17.0. The predicted octanol–water partition coefficient (Wildman–Crippen LogP) is 1.72. The van der Waals surface area contributed by atoms with E-state index < -0.39 is 15.9 Å². The summed E-state index contributed by atoms with van der Waals surface area (Å²) in [6.07, 6.45) is 1.50. The molecule has 0 atom stereocenters. The van der Waals surface area contributed by atoms with Crippen molar-refractivity contribution in [2.24, 2.45) is 0 Å². The average molecular weight is 337 g/mol. The van der Waals surface area contributed by atoms with Gasteiger partial charge in [-0.15, -0.1) is 6.58 Å². The number of sulfonamides is 1. The maximum atomic E-state index is 11.8. The van der Waals surface area contributed by atoms with Gasteiger partial charge in [-0.25, -0.2) is 13.1 Å². The van der Waals surface area contributed by atoms with E-state index in [2.05, 4.69) is 16.6 Å². The van der Waals surface area contributed by atoms with Crippen molar-refractivity contribution in [3.8, 4) is 0 Å². The quantitative estimate of drug-likeness (QED) is 0.744. The third kappa shape index (κ3) is 5.92. The molecule has 1 amide bonds. The van der Waals surface area contributed by atoms with Gasteiger partial charge in [-0.3, -0.25) is 4.79 Å². The standard InChI is InChI=1S/C12H14Cl2N2O3S/c1-2-5-15-12(17)7-16-20(18,19)8-9-3-4-10(13)6-11(9)14/h2-4,6,16H,1,5,7-8H2,(H,15,17). The fraction of sp³-hybridized carbons (Fsp3) is 0.250. The second kappa shape index (κ2) is 7.64. The molecule has 0 saturated carbocycles. The number of amides is 1. The number of carbonyl (C=O) groups is 1. The zero-order valence-corrected chi connectivity index (χ0v) is 12.9.